The fraction of sp³-hybridized carbons (Fsp3) is 0.432. The zero-order chi connectivity index (χ0) is 30.7. The lowest BCUT2D eigenvalue weighted by Gasteiger charge is -2.31. The number of unbranched alkanes of at least 4 members (excludes halogenated alkanes) is 1. The van der Waals surface area contributed by atoms with Crippen molar-refractivity contribution in [1.29, 1.82) is 0 Å². The molecule has 2 aliphatic rings. The van der Waals surface area contributed by atoms with Crippen molar-refractivity contribution >= 4 is 23.4 Å². The molecule has 2 aliphatic heterocycles. The molecule has 1 fully saturated rings. The van der Waals surface area contributed by atoms with Crippen molar-refractivity contribution in [2.75, 3.05) is 63.9 Å². The molecule has 44 heavy (non-hydrogen) atoms. The van der Waals surface area contributed by atoms with Gasteiger partial charge < -0.3 is 24.4 Å². The number of nitrogens with zero attached hydrogens (tertiary/aromatic N) is 2. The van der Waals surface area contributed by atoms with E-state index in [1.165, 1.54) is 5.56 Å². The molecule has 0 atom stereocenters. The van der Waals surface area contributed by atoms with Gasteiger partial charge in [-0.1, -0.05) is 43.7 Å². The average molecular weight is 598 g/mol. The van der Waals surface area contributed by atoms with Crippen LogP contribution in [-0.2, 0) is 20.8 Å². The molecule has 0 aliphatic carbocycles. The number of fused-ring (bicyclic) bond motifs is 1. The Bertz CT molecular complexity index is 1380. The largest absolute Gasteiger partial charge is 0.491 e. The first-order valence-electron chi connectivity index (χ1n) is 16.0. The van der Waals surface area contributed by atoms with Gasteiger partial charge in [-0.15, -0.1) is 0 Å². The summed E-state index contributed by atoms with van der Waals surface area (Å²) in [6.45, 7) is 7.43. The third kappa shape index (κ3) is 8.72. The van der Waals surface area contributed by atoms with Crippen molar-refractivity contribution < 1.29 is 19.0 Å². The van der Waals surface area contributed by atoms with E-state index in [1.807, 2.05) is 30.3 Å². The standard InChI is InChI=1S/C37H47N3O4/c1-4-5-20-42-23-24-44-35-13-8-29(9-14-35)30-10-15-36-32(25-30)26-31(16-19-39(36)2)37(41)38-33-11-6-28(7-12-33)27-40(3)34-17-21-43-22-18-34/h6-15,25-26,34H,4-5,16-24,27H2,1-3H3,(H,38,41). The Kier molecular flexibility index (Phi) is 11.5. The van der Waals surface area contributed by atoms with Gasteiger partial charge in [0, 0.05) is 62.9 Å². The summed E-state index contributed by atoms with van der Waals surface area (Å²) < 4.78 is 16.9. The molecule has 0 radical (unpaired) electrons. The van der Waals surface area contributed by atoms with Crippen LogP contribution >= 0.6 is 0 Å². The van der Waals surface area contributed by atoms with E-state index >= 15 is 0 Å². The maximum atomic E-state index is 13.4. The van der Waals surface area contributed by atoms with Crippen molar-refractivity contribution in [2.45, 2.75) is 51.6 Å². The van der Waals surface area contributed by atoms with Gasteiger partial charge >= 0.3 is 0 Å². The highest BCUT2D eigenvalue weighted by atomic mass is 16.5. The molecule has 0 spiro atoms. The summed E-state index contributed by atoms with van der Waals surface area (Å²) in [6.07, 6.45) is 7.10. The predicted molar refractivity (Wildman–Crippen MR) is 179 cm³/mol. The Labute approximate surface area is 262 Å². The van der Waals surface area contributed by atoms with Crippen molar-refractivity contribution in [1.82, 2.24) is 4.90 Å². The van der Waals surface area contributed by atoms with Crippen LogP contribution in [0.25, 0.3) is 17.2 Å². The quantitative estimate of drug-likeness (QED) is 0.214. The van der Waals surface area contributed by atoms with Gasteiger partial charge in [0.15, 0.2) is 0 Å². The monoisotopic (exact) mass is 597 g/mol. The van der Waals surface area contributed by atoms with Gasteiger partial charge in [-0.2, -0.15) is 0 Å². The first kappa shape index (κ1) is 31.8. The minimum Gasteiger partial charge on any atom is -0.491 e. The summed E-state index contributed by atoms with van der Waals surface area (Å²) >= 11 is 0. The van der Waals surface area contributed by atoms with E-state index in [4.69, 9.17) is 14.2 Å². The lowest BCUT2D eigenvalue weighted by Crippen LogP contribution is -2.36. The van der Waals surface area contributed by atoms with E-state index in [-0.39, 0.29) is 5.91 Å². The Balaban J connectivity index is 1.21. The fourth-order valence-corrected chi connectivity index (χ4v) is 5.80. The molecular weight excluding hydrogens is 550 g/mol. The molecule has 7 nitrogen and oxygen atoms in total. The Morgan fingerprint density at radius 2 is 1.73 bits per heavy atom. The number of nitrogens with one attached hydrogen (secondary N) is 1. The number of carbonyl (C=O) groups is 1. The minimum absolute atomic E-state index is 0.0519. The van der Waals surface area contributed by atoms with E-state index in [1.54, 1.807) is 0 Å². The Hall–Kier alpha value is -3.65. The summed E-state index contributed by atoms with van der Waals surface area (Å²) in [6, 6.07) is 23.4. The highest BCUT2D eigenvalue weighted by Gasteiger charge is 2.20. The average Bonchev–Trinajstić information content (AvgIpc) is 3.22. The summed E-state index contributed by atoms with van der Waals surface area (Å²) in [5.41, 5.74) is 7.21. The SMILES string of the molecule is CCCCOCCOc1ccc(-c2ccc3c(c2)C=C(C(=O)Nc2ccc(CN(C)C4CCOCC4)cc2)CCN3C)cc1. The lowest BCUT2D eigenvalue weighted by molar-refractivity contribution is -0.112. The number of carbonyl (C=O) groups excluding carboxylic acids is 1. The van der Waals surface area contributed by atoms with E-state index in [2.05, 4.69) is 78.6 Å². The van der Waals surface area contributed by atoms with Crippen LogP contribution < -0.4 is 15.0 Å². The fourth-order valence-electron chi connectivity index (χ4n) is 5.80. The van der Waals surface area contributed by atoms with Crippen molar-refractivity contribution in [2.24, 2.45) is 0 Å². The van der Waals surface area contributed by atoms with Crippen LogP contribution in [0.15, 0.2) is 72.3 Å². The second kappa shape index (κ2) is 15.9. The summed E-state index contributed by atoms with van der Waals surface area (Å²) in [5, 5.41) is 3.13. The predicted octanol–water partition coefficient (Wildman–Crippen LogP) is 7.02. The Morgan fingerprint density at radius 1 is 0.977 bits per heavy atom. The van der Waals surface area contributed by atoms with Gasteiger partial charge in [0.05, 0.1) is 6.61 Å². The van der Waals surface area contributed by atoms with Gasteiger partial charge in [-0.05, 0) is 97.5 Å². The van der Waals surface area contributed by atoms with Crippen molar-refractivity contribution in [3.63, 3.8) is 0 Å². The van der Waals surface area contributed by atoms with Gasteiger partial charge in [0.2, 0.25) is 0 Å². The smallest absolute Gasteiger partial charge is 0.251 e. The third-order valence-corrected chi connectivity index (χ3v) is 8.56. The molecule has 0 bridgehead atoms. The maximum Gasteiger partial charge on any atom is 0.251 e. The first-order chi connectivity index (χ1) is 21.5. The highest BCUT2D eigenvalue weighted by Crippen LogP contribution is 2.32. The molecule has 3 aromatic rings. The van der Waals surface area contributed by atoms with Crippen LogP contribution in [0, 0.1) is 0 Å². The zero-order valence-corrected chi connectivity index (χ0v) is 26.5. The normalized spacial score (nSPS) is 15.5. The Morgan fingerprint density at radius 3 is 2.48 bits per heavy atom. The summed E-state index contributed by atoms with van der Waals surface area (Å²) in [7, 11) is 4.27. The van der Waals surface area contributed by atoms with Crippen molar-refractivity contribution in [3.8, 4) is 16.9 Å². The summed E-state index contributed by atoms with van der Waals surface area (Å²) in [5.74, 6) is 0.782. The molecule has 1 amide bonds. The zero-order valence-electron chi connectivity index (χ0n) is 26.5. The number of hydrogen-bond donors (Lipinski definition) is 1. The van der Waals surface area contributed by atoms with Crippen LogP contribution in [0.5, 0.6) is 5.75 Å². The van der Waals surface area contributed by atoms with Crippen LogP contribution in [0.2, 0.25) is 0 Å². The highest BCUT2D eigenvalue weighted by molar-refractivity contribution is 6.07. The van der Waals surface area contributed by atoms with Gasteiger partial charge in [-0.25, -0.2) is 0 Å². The molecule has 5 rings (SSSR count). The third-order valence-electron chi connectivity index (χ3n) is 8.56. The molecule has 1 N–H and O–H groups in total. The van der Waals surface area contributed by atoms with Crippen LogP contribution in [0.4, 0.5) is 11.4 Å². The molecule has 2 heterocycles. The first-order valence-corrected chi connectivity index (χ1v) is 16.0. The second-order valence-corrected chi connectivity index (χ2v) is 11.9. The molecule has 234 valence electrons. The number of anilines is 2. The number of amides is 1. The maximum absolute atomic E-state index is 13.4. The molecule has 3 aromatic carbocycles. The molecule has 1 saturated heterocycles. The van der Waals surface area contributed by atoms with E-state index < -0.39 is 0 Å². The molecular formula is C37H47N3O4. The van der Waals surface area contributed by atoms with E-state index in [0.717, 1.165) is 98.0 Å². The summed E-state index contributed by atoms with van der Waals surface area (Å²) in [4.78, 5) is 18.0. The van der Waals surface area contributed by atoms with Crippen molar-refractivity contribution in [3.05, 3.63) is 83.4 Å². The van der Waals surface area contributed by atoms with Crippen LogP contribution in [0.3, 0.4) is 0 Å². The molecule has 7 heteroatoms. The molecule has 0 aromatic heterocycles. The van der Waals surface area contributed by atoms with E-state index in [0.29, 0.717) is 25.7 Å². The van der Waals surface area contributed by atoms with Gasteiger partial charge in [-0.3, -0.25) is 9.69 Å². The number of ether oxygens (including phenoxy) is 3. The van der Waals surface area contributed by atoms with Crippen LogP contribution in [-0.4, -0.2) is 70.5 Å². The molecule has 0 saturated carbocycles. The lowest BCUT2D eigenvalue weighted by atomic mass is 10.00. The number of benzene rings is 3. The van der Waals surface area contributed by atoms with Crippen LogP contribution in [0.1, 0.15) is 50.2 Å². The number of hydrogen-bond acceptors (Lipinski definition) is 6. The topological polar surface area (TPSA) is 63.3 Å². The van der Waals surface area contributed by atoms with Gasteiger partial charge in [0.1, 0.15) is 12.4 Å². The number of rotatable bonds is 13. The molecule has 0 unspecified atom stereocenters. The van der Waals surface area contributed by atoms with E-state index in [9.17, 15) is 4.79 Å². The minimum atomic E-state index is -0.0519. The second-order valence-electron chi connectivity index (χ2n) is 11.9. The van der Waals surface area contributed by atoms with Gasteiger partial charge in [0.25, 0.3) is 5.91 Å².